The van der Waals surface area contributed by atoms with Crippen LogP contribution in [0.3, 0.4) is 0 Å². The molecule has 122 valence electrons. The molecule has 1 amide bonds. The van der Waals surface area contributed by atoms with Gasteiger partial charge in [0.1, 0.15) is 5.82 Å². The second kappa shape index (κ2) is 6.98. The van der Waals surface area contributed by atoms with Crippen LogP contribution >= 0.6 is 23.2 Å². The third-order valence-electron chi connectivity index (χ3n) is 3.14. The minimum atomic E-state index is -0.704. The van der Waals surface area contributed by atoms with Crippen LogP contribution < -0.4 is 5.32 Å². The summed E-state index contributed by atoms with van der Waals surface area (Å²) in [7, 11) is 0. The first-order valence-electron chi connectivity index (χ1n) is 6.85. The first kappa shape index (κ1) is 16.4. The first-order valence-corrected chi connectivity index (χ1v) is 7.61. The number of halogens is 3. The molecule has 3 rings (SSSR count). The fourth-order valence-corrected chi connectivity index (χ4v) is 2.47. The Labute approximate surface area is 146 Å². The third-order valence-corrected chi connectivity index (χ3v) is 3.69. The number of nitrogens with zero attached hydrogens (tertiary/aromatic N) is 2. The Bertz CT molecular complexity index is 878. The zero-order chi connectivity index (χ0) is 17.1. The lowest BCUT2D eigenvalue weighted by molar-refractivity contribution is 0.0942. The minimum Gasteiger partial charge on any atom is -0.343 e. The summed E-state index contributed by atoms with van der Waals surface area (Å²) in [5, 5.41) is 6.87. The molecule has 1 aromatic heterocycles. The Morgan fingerprint density at radius 2 is 2.00 bits per heavy atom. The van der Waals surface area contributed by atoms with Gasteiger partial charge in [0.15, 0.2) is 0 Å². The number of amides is 1. The molecule has 0 aliphatic rings. The zero-order valence-electron chi connectivity index (χ0n) is 12.1. The van der Waals surface area contributed by atoms with E-state index in [4.69, 9.17) is 27.7 Å². The van der Waals surface area contributed by atoms with E-state index in [-0.39, 0.29) is 23.0 Å². The van der Waals surface area contributed by atoms with Gasteiger partial charge in [-0.15, -0.1) is 0 Å². The molecule has 0 fully saturated rings. The van der Waals surface area contributed by atoms with Gasteiger partial charge in [-0.2, -0.15) is 4.98 Å². The Morgan fingerprint density at radius 3 is 2.75 bits per heavy atom. The predicted octanol–water partition coefficient (Wildman–Crippen LogP) is 4.11. The number of aromatic nitrogens is 2. The van der Waals surface area contributed by atoms with Crippen molar-refractivity contribution in [1.29, 1.82) is 0 Å². The van der Waals surface area contributed by atoms with E-state index in [2.05, 4.69) is 15.5 Å². The van der Waals surface area contributed by atoms with E-state index < -0.39 is 11.7 Å². The van der Waals surface area contributed by atoms with Crippen LogP contribution in [0, 0.1) is 5.82 Å². The quantitative estimate of drug-likeness (QED) is 0.755. The molecule has 1 heterocycles. The zero-order valence-corrected chi connectivity index (χ0v) is 13.6. The third kappa shape index (κ3) is 3.55. The smallest absolute Gasteiger partial charge is 0.256 e. The van der Waals surface area contributed by atoms with E-state index in [1.807, 2.05) is 0 Å². The molecule has 0 unspecified atom stereocenters. The van der Waals surface area contributed by atoms with Crippen LogP contribution in [0.25, 0.3) is 11.4 Å². The van der Waals surface area contributed by atoms with Crippen molar-refractivity contribution in [2.45, 2.75) is 6.54 Å². The molecule has 0 atom stereocenters. The number of carbonyl (C=O) groups excluding carboxylic acids is 1. The van der Waals surface area contributed by atoms with Gasteiger partial charge in [0, 0.05) is 10.6 Å². The summed E-state index contributed by atoms with van der Waals surface area (Å²) in [6.45, 7) is -0.0585. The highest BCUT2D eigenvalue weighted by atomic mass is 35.5. The summed E-state index contributed by atoms with van der Waals surface area (Å²) in [5.41, 5.74) is 0.453. The number of carbonyl (C=O) groups is 1. The van der Waals surface area contributed by atoms with Crippen LogP contribution in [0.4, 0.5) is 4.39 Å². The maximum atomic E-state index is 13.7. The lowest BCUT2D eigenvalue weighted by Crippen LogP contribution is -2.24. The van der Waals surface area contributed by atoms with Gasteiger partial charge in [-0.05, 0) is 24.3 Å². The average Bonchev–Trinajstić information content (AvgIpc) is 3.02. The molecule has 0 aliphatic carbocycles. The number of rotatable bonds is 4. The average molecular weight is 366 g/mol. The van der Waals surface area contributed by atoms with E-state index >= 15 is 0 Å². The molecular formula is C16H10Cl2FN3O2. The molecule has 0 bridgehead atoms. The second-order valence-electron chi connectivity index (χ2n) is 4.80. The minimum absolute atomic E-state index is 0.0256. The summed E-state index contributed by atoms with van der Waals surface area (Å²) < 4.78 is 18.7. The molecule has 8 heteroatoms. The summed E-state index contributed by atoms with van der Waals surface area (Å²) in [6.07, 6.45) is 0. The van der Waals surface area contributed by atoms with Crippen molar-refractivity contribution in [2.75, 3.05) is 0 Å². The molecule has 3 aromatic rings. The van der Waals surface area contributed by atoms with Crippen LogP contribution in [0.2, 0.25) is 10.0 Å². The van der Waals surface area contributed by atoms with E-state index in [1.165, 1.54) is 12.1 Å². The molecular weight excluding hydrogens is 356 g/mol. The number of hydrogen-bond donors (Lipinski definition) is 1. The van der Waals surface area contributed by atoms with Crippen LogP contribution in [-0.4, -0.2) is 16.0 Å². The van der Waals surface area contributed by atoms with Gasteiger partial charge in [-0.1, -0.05) is 46.6 Å². The van der Waals surface area contributed by atoms with Crippen molar-refractivity contribution < 1.29 is 13.7 Å². The summed E-state index contributed by atoms with van der Waals surface area (Å²) in [6, 6.07) is 11.0. The maximum Gasteiger partial charge on any atom is 0.256 e. The SMILES string of the molecule is O=C(NCc1nc(-c2cccc(Cl)c2)no1)c1c(F)cccc1Cl. The maximum absolute atomic E-state index is 13.7. The summed E-state index contributed by atoms with van der Waals surface area (Å²) >= 11 is 11.8. The van der Waals surface area contributed by atoms with Crippen molar-refractivity contribution in [3.05, 3.63) is 69.8 Å². The van der Waals surface area contributed by atoms with Gasteiger partial charge in [-0.25, -0.2) is 4.39 Å². The van der Waals surface area contributed by atoms with Crippen LogP contribution in [-0.2, 0) is 6.54 Å². The predicted molar refractivity (Wildman–Crippen MR) is 87.3 cm³/mol. The normalized spacial score (nSPS) is 10.6. The lowest BCUT2D eigenvalue weighted by atomic mass is 10.2. The number of hydrogen-bond acceptors (Lipinski definition) is 4. The molecule has 2 aromatic carbocycles. The monoisotopic (exact) mass is 365 g/mol. The summed E-state index contributed by atoms with van der Waals surface area (Å²) in [5.74, 6) is -0.859. The summed E-state index contributed by atoms with van der Waals surface area (Å²) in [4.78, 5) is 16.2. The van der Waals surface area contributed by atoms with E-state index in [0.717, 1.165) is 6.07 Å². The molecule has 0 saturated carbocycles. The highest BCUT2D eigenvalue weighted by molar-refractivity contribution is 6.33. The Balaban J connectivity index is 1.71. The van der Waals surface area contributed by atoms with Crippen molar-refractivity contribution in [1.82, 2.24) is 15.5 Å². The lowest BCUT2D eigenvalue weighted by Gasteiger charge is -2.05. The van der Waals surface area contributed by atoms with E-state index in [1.54, 1.807) is 24.3 Å². The van der Waals surface area contributed by atoms with Gasteiger partial charge < -0.3 is 9.84 Å². The van der Waals surface area contributed by atoms with Crippen molar-refractivity contribution in [3.63, 3.8) is 0 Å². The van der Waals surface area contributed by atoms with Crippen LogP contribution in [0.15, 0.2) is 47.0 Å². The Hall–Kier alpha value is -2.44. The molecule has 1 N–H and O–H groups in total. The molecule has 0 saturated heterocycles. The second-order valence-corrected chi connectivity index (χ2v) is 5.65. The van der Waals surface area contributed by atoms with Gasteiger partial charge >= 0.3 is 0 Å². The fourth-order valence-electron chi connectivity index (χ4n) is 2.03. The standard InChI is InChI=1S/C16H10Cl2FN3O2/c17-10-4-1-3-9(7-10)15-21-13(24-22-15)8-20-16(23)14-11(18)5-2-6-12(14)19/h1-7H,8H2,(H,20,23). The van der Waals surface area contributed by atoms with Gasteiger partial charge in [0.2, 0.25) is 11.7 Å². The first-order chi connectivity index (χ1) is 11.5. The molecule has 0 radical (unpaired) electrons. The van der Waals surface area contributed by atoms with Crippen molar-refractivity contribution >= 4 is 29.1 Å². The largest absolute Gasteiger partial charge is 0.343 e. The van der Waals surface area contributed by atoms with E-state index in [0.29, 0.717) is 16.4 Å². The Kier molecular flexibility index (Phi) is 4.78. The van der Waals surface area contributed by atoms with Crippen molar-refractivity contribution in [3.8, 4) is 11.4 Å². The molecule has 24 heavy (non-hydrogen) atoms. The Morgan fingerprint density at radius 1 is 1.21 bits per heavy atom. The van der Waals surface area contributed by atoms with Crippen LogP contribution in [0.5, 0.6) is 0 Å². The molecule has 5 nitrogen and oxygen atoms in total. The van der Waals surface area contributed by atoms with Crippen molar-refractivity contribution in [2.24, 2.45) is 0 Å². The highest BCUT2D eigenvalue weighted by Gasteiger charge is 2.17. The highest BCUT2D eigenvalue weighted by Crippen LogP contribution is 2.21. The molecule has 0 aliphatic heterocycles. The van der Waals surface area contributed by atoms with Gasteiger partial charge in [0.05, 0.1) is 17.1 Å². The van der Waals surface area contributed by atoms with Gasteiger partial charge in [-0.3, -0.25) is 4.79 Å². The van der Waals surface area contributed by atoms with Crippen LogP contribution in [0.1, 0.15) is 16.2 Å². The fraction of sp³-hybridized carbons (Fsp3) is 0.0625. The topological polar surface area (TPSA) is 68.0 Å². The number of benzene rings is 2. The number of nitrogens with one attached hydrogen (secondary N) is 1. The van der Waals surface area contributed by atoms with E-state index in [9.17, 15) is 9.18 Å². The molecule has 0 spiro atoms. The van der Waals surface area contributed by atoms with Gasteiger partial charge in [0.25, 0.3) is 5.91 Å².